The van der Waals surface area contributed by atoms with E-state index in [1.54, 1.807) is 24.3 Å². The van der Waals surface area contributed by atoms with Crippen molar-refractivity contribution in [3.05, 3.63) is 48.4 Å². The van der Waals surface area contributed by atoms with Crippen LogP contribution in [0.15, 0.2) is 47.8 Å². The molecule has 1 aromatic carbocycles. The first-order valence-corrected chi connectivity index (χ1v) is 11.4. The van der Waals surface area contributed by atoms with Crippen molar-refractivity contribution in [2.75, 3.05) is 5.32 Å². The number of hydrogen-bond donors (Lipinski definition) is 1. The summed E-state index contributed by atoms with van der Waals surface area (Å²) >= 11 is 0. The van der Waals surface area contributed by atoms with Crippen molar-refractivity contribution in [3.63, 3.8) is 0 Å². The molecule has 2 aliphatic rings. The van der Waals surface area contributed by atoms with Crippen molar-refractivity contribution >= 4 is 27.3 Å². The molecule has 2 saturated carbocycles. The Morgan fingerprint density at radius 3 is 2.48 bits per heavy atom. The van der Waals surface area contributed by atoms with Gasteiger partial charge >= 0.3 is 0 Å². The van der Waals surface area contributed by atoms with E-state index in [-0.39, 0.29) is 22.9 Å². The van der Waals surface area contributed by atoms with Crippen molar-refractivity contribution in [1.82, 2.24) is 9.97 Å². The molecule has 29 heavy (non-hydrogen) atoms. The molecule has 7 nitrogen and oxygen atoms in total. The van der Waals surface area contributed by atoms with Crippen LogP contribution in [0.25, 0.3) is 0 Å². The topological polar surface area (TPSA) is 106 Å². The van der Waals surface area contributed by atoms with E-state index in [4.69, 9.17) is 0 Å². The Bertz CT molecular complexity index is 1000. The molecule has 2 atom stereocenters. The molecule has 2 aromatic rings. The van der Waals surface area contributed by atoms with Crippen LogP contribution in [0.2, 0.25) is 0 Å². The van der Waals surface area contributed by atoms with Gasteiger partial charge in [0.15, 0.2) is 15.7 Å². The fourth-order valence-corrected chi connectivity index (χ4v) is 5.51. The molecule has 152 valence electrons. The Morgan fingerprint density at radius 1 is 1.14 bits per heavy atom. The van der Waals surface area contributed by atoms with Gasteiger partial charge in [-0.25, -0.2) is 13.4 Å². The number of amides is 1. The summed E-state index contributed by atoms with van der Waals surface area (Å²) in [6.45, 7) is 0. The predicted molar refractivity (Wildman–Crippen MR) is 107 cm³/mol. The molecule has 2 aliphatic carbocycles. The second-order valence-electron chi connectivity index (χ2n) is 7.83. The quantitative estimate of drug-likeness (QED) is 0.748. The fraction of sp³-hybridized carbons (Fsp3) is 0.429. The molecule has 2 fully saturated rings. The first-order valence-electron chi connectivity index (χ1n) is 9.86. The molecule has 1 aromatic heterocycles. The maximum Gasteiger partial charge on any atom is 0.233 e. The Morgan fingerprint density at radius 2 is 1.90 bits per heavy atom. The van der Waals surface area contributed by atoms with E-state index in [1.807, 2.05) is 0 Å². The van der Waals surface area contributed by atoms with Crippen molar-refractivity contribution in [1.29, 1.82) is 0 Å². The SMILES string of the molecule is O=C1CC[C@H](CC(C(=O)Nc2cnccn2)c2ccc(S(=O)(=O)C3CC3)cc2)C1. The molecule has 0 bridgehead atoms. The van der Waals surface area contributed by atoms with Crippen LogP contribution in [0.5, 0.6) is 0 Å². The third-order valence-electron chi connectivity index (χ3n) is 5.62. The van der Waals surface area contributed by atoms with E-state index >= 15 is 0 Å². The summed E-state index contributed by atoms with van der Waals surface area (Å²) in [6, 6.07) is 6.61. The molecule has 0 spiro atoms. The molecule has 0 radical (unpaired) electrons. The summed E-state index contributed by atoms with van der Waals surface area (Å²) in [4.78, 5) is 33.0. The lowest BCUT2D eigenvalue weighted by Crippen LogP contribution is -2.24. The van der Waals surface area contributed by atoms with E-state index in [0.717, 1.165) is 12.0 Å². The van der Waals surface area contributed by atoms with Gasteiger partial charge in [0.25, 0.3) is 0 Å². The summed E-state index contributed by atoms with van der Waals surface area (Å²) in [5.74, 6) is 0.00936. The van der Waals surface area contributed by atoms with E-state index in [0.29, 0.717) is 42.8 Å². The Kier molecular flexibility index (Phi) is 5.45. The lowest BCUT2D eigenvalue weighted by atomic mass is 9.87. The monoisotopic (exact) mass is 413 g/mol. The largest absolute Gasteiger partial charge is 0.309 e. The number of hydrogen-bond acceptors (Lipinski definition) is 6. The minimum Gasteiger partial charge on any atom is -0.309 e. The predicted octanol–water partition coefficient (Wildman–Crippen LogP) is 2.89. The number of nitrogens with one attached hydrogen (secondary N) is 1. The molecule has 1 heterocycles. The Hall–Kier alpha value is -2.61. The van der Waals surface area contributed by atoms with E-state index in [2.05, 4.69) is 15.3 Å². The maximum absolute atomic E-state index is 13.0. The van der Waals surface area contributed by atoms with Gasteiger partial charge in [-0.2, -0.15) is 0 Å². The van der Waals surface area contributed by atoms with Gasteiger partial charge in [0.2, 0.25) is 5.91 Å². The third-order valence-corrected chi connectivity index (χ3v) is 7.90. The molecule has 1 N–H and O–H groups in total. The van der Waals surface area contributed by atoms with Gasteiger partial charge in [-0.1, -0.05) is 12.1 Å². The summed E-state index contributed by atoms with van der Waals surface area (Å²) in [7, 11) is -3.27. The normalized spacial score (nSPS) is 20.4. The van der Waals surface area contributed by atoms with Crippen LogP contribution in [0.1, 0.15) is 50.0 Å². The summed E-state index contributed by atoms with van der Waals surface area (Å²) in [5.41, 5.74) is 0.737. The smallest absolute Gasteiger partial charge is 0.233 e. The van der Waals surface area contributed by atoms with Crippen LogP contribution >= 0.6 is 0 Å². The average Bonchev–Trinajstić information content (AvgIpc) is 3.50. The van der Waals surface area contributed by atoms with Gasteiger partial charge in [0.1, 0.15) is 5.78 Å². The van der Waals surface area contributed by atoms with Crippen molar-refractivity contribution < 1.29 is 18.0 Å². The first-order chi connectivity index (χ1) is 13.9. The van der Waals surface area contributed by atoms with Gasteiger partial charge in [-0.3, -0.25) is 14.6 Å². The van der Waals surface area contributed by atoms with E-state index in [1.165, 1.54) is 18.6 Å². The summed E-state index contributed by atoms with van der Waals surface area (Å²) in [5, 5.41) is 2.51. The van der Waals surface area contributed by atoms with Crippen LogP contribution in [-0.4, -0.2) is 35.3 Å². The second-order valence-corrected chi connectivity index (χ2v) is 10.1. The zero-order valence-electron chi connectivity index (χ0n) is 16.0. The second kappa shape index (κ2) is 8.02. The average molecular weight is 413 g/mol. The van der Waals surface area contributed by atoms with Crippen molar-refractivity contribution in [2.24, 2.45) is 5.92 Å². The van der Waals surface area contributed by atoms with Crippen LogP contribution in [-0.2, 0) is 19.4 Å². The fourth-order valence-electron chi connectivity index (χ4n) is 3.86. The zero-order valence-corrected chi connectivity index (χ0v) is 16.8. The Balaban J connectivity index is 1.57. The zero-order chi connectivity index (χ0) is 20.4. The number of sulfone groups is 1. The number of carbonyl (C=O) groups excluding carboxylic acids is 2. The summed E-state index contributed by atoms with van der Waals surface area (Å²) < 4.78 is 24.9. The Labute approximate surface area is 169 Å². The standard InChI is InChI=1S/C21H23N3O4S/c25-16-4-1-14(11-16)12-19(21(26)24-20-13-22-9-10-23-20)15-2-5-17(6-3-15)29(27,28)18-7-8-18/h2-3,5-6,9-10,13-14,18-19H,1,4,7-8,11-12H2,(H,23,24,26)/t14-,19?/m0/s1. The molecule has 1 amide bonds. The number of carbonyl (C=O) groups is 2. The van der Waals surface area contributed by atoms with E-state index < -0.39 is 15.8 Å². The van der Waals surface area contributed by atoms with Gasteiger partial charge in [0, 0.05) is 25.2 Å². The number of Topliss-reactive ketones (excluding diaryl/α,β-unsaturated/α-hetero) is 1. The number of ketones is 1. The molecule has 0 aliphatic heterocycles. The number of aromatic nitrogens is 2. The highest BCUT2D eigenvalue weighted by Crippen LogP contribution is 2.36. The van der Waals surface area contributed by atoms with Crippen LogP contribution in [0.4, 0.5) is 5.82 Å². The summed E-state index contributed by atoms with van der Waals surface area (Å²) in [6.07, 6.45) is 8.28. The minimum atomic E-state index is -3.27. The highest BCUT2D eigenvalue weighted by molar-refractivity contribution is 7.92. The van der Waals surface area contributed by atoms with E-state index in [9.17, 15) is 18.0 Å². The van der Waals surface area contributed by atoms with Crippen LogP contribution in [0.3, 0.4) is 0 Å². The van der Waals surface area contributed by atoms with Crippen molar-refractivity contribution in [2.45, 2.75) is 54.6 Å². The third kappa shape index (κ3) is 4.53. The number of anilines is 1. The molecule has 0 saturated heterocycles. The van der Waals surface area contributed by atoms with Gasteiger partial charge in [-0.15, -0.1) is 0 Å². The highest BCUT2D eigenvalue weighted by atomic mass is 32.2. The highest BCUT2D eigenvalue weighted by Gasteiger charge is 2.37. The molecular formula is C21H23N3O4S. The lowest BCUT2D eigenvalue weighted by Gasteiger charge is -2.20. The van der Waals surface area contributed by atoms with Gasteiger partial charge in [0.05, 0.1) is 22.3 Å². The van der Waals surface area contributed by atoms with Crippen LogP contribution < -0.4 is 5.32 Å². The molecular weight excluding hydrogens is 390 g/mol. The minimum absolute atomic E-state index is 0.148. The van der Waals surface area contributed by atoms with Gasteiger partial charge in [-0.05, 0) is 49.3 Å². The van der Waals surface area contributed by atoms with Crippen LogP contribution in [0, 0.1) is 5.92 Å². The first kappa shape index (κ1) is 19.7. The molecule has 8 heteroatoms. The molecule has 1 unspecified atom stereocenters. The number of benzene rings is 1. The van der Waals surface area contributed by atoms with Gasteiger partial charge < -0.3 is 5.32 Å². The van der Waals surface area contributed by atoms with Crippen molar-refractivity contribution in [3.8, 4) is 0 Å². The molecule has 4 rings (SSSR count). The lowest BCUT2D eigenvalue weighted by molar-refractivity contribution is -0.119. The number of nitrogens with zero attached hydrogens (tertiary/aromatic N) is 2. The number of rotatable bonds is 7. The maximum atomic E-state index is 13.0.